The molecule has 0 radical (unpaired) electrons. The Bertz CT molecular complexity index is 751. The van der Waals surface area contributed by atoms with Gasteiger partial charge in [0.05, 0.1) is 30.5 Å². The van der Waals surface area contributed by atoms with Crippen molar-refractivity contribution in [2.75, 3.05) is 27.9 Å². The van der Waals surface area contributed by atoms with Gasteiger partial charge < -0.3 is 44.1 Å². The lowest BCUT2D eigenvalue weighted by Gasteiger charge is -2.51. The topological polar surface area (TPSA) is 144 Å². The fraction of sp³-hybridized carbons (Fsp3) is 0.889. The SMILES string of the molecule is CC[C@H](/C=C(\C)[C@@H]1C[C@@H](OC)CC(O)C(C)(C)C2(O)C[C@H](OC)C[C@H](C[C@@H](OC)[C@H](O)C(=O)O1)O2)CO. The molecule has 0 saturated carbocycles. The van der Waals surface area contributed by atoms with E-state index in [9.17, 15) is 25.2 Å². The number of carbonyl (C=O) groups excluding carboxylic acids is 1. The molecule has 216 valence electrons. The van der Waals surface area contributed by atoms with Gasteiger partial charge in [-0.15, -0.1) is 0 Å². The first-order chi connectivity index (χ1) is 17.3. The van der Waals surface area contributed by atoms with Crippen LogP contribution in [0.4, 0.5) is 0 Å². The maximum Gasteiger partial charge on any atom is 0.338 e. The molecule has 0 amide bonds. The zero-order valence-electron chi connectivity index (χ0n) is 23.4. The zero-order valence-corrected chi connectivity index (χ0v) is 23.4. The van der Waals surface area contributed by atoms with Gasteiger partial charge in [-0.05, 0) is 18.9 Å². The van der Waals surface area contributed by atoms with Crippen LogP contribution >= 0.6 is 0 Å². The molecule has 2 unspecified atom stereocenters. The Hall–Kier alpha value is -1.11. The van der Waals surface area contributed by atoms with Crippen LogP contribution in [0, 0.1) is 11.3 Å². The molecule has 4 N–H and O–H groups in total. The number of hydrogen-bond acceptors (Lipinski definition) is 10. The summed E-state index contributed by atoms with van der Waals surface area (Å²) in [5, 5.41) is 43.6. The van der Waals surface area contributed by atoms with Crippen LogP contribution < -0.4 is 0 Å². The molecule has 10 nitrogen and oxygen atoms in total. The van der Waals surface area contributed by atoms with Crippen molar-refractivity contribution in [1.82, 2.24) is 0 Å². The summed E-state index contributed by atoms with van der Waals surface area (Å²) >= 11 is 0. The second-order valence-electron chi connectivity index (χ2n) is 11.0. The molecule has 10 heteroatoms. The van der Waals surface area contributed by atoms with Gasteiger partial charge in [-0.25, -0.2) is 4.79 Å². The number of rotatable bonds is 7. The predicted molar refractivity (Wildman–Crippen MR) is 136 cm³/mol. The first-order valence-corrected chi connectivity index (χ1v) is 13.2. The van der Waals surface area contributed by atoms with E-state index in [-0.39, 0.29) is 44.3 Å². The number of esters is 1. The minimum absolute atomic E-state index is 0.0497. The van der Waals surface area contributed by atoms with Gasteiger partial charge in [0.25, 0.3) is 0 Å². The summed E-state index contributed by atoms with van der Waals surface area (Å²) in [6, 6.07) is 0. The molecular weight excluding hydrogens is 484 g/mol. The largest absolute Gasteiger partial charge is 0.456 e. The highest BCUT2D eigenvalue weighted by Crippen LogP contribution is 2.46. The monoisotopic (exact) mass is 532 g/mol. The highest BCUT2D eigenvalue weighted by molar-refractivity contribution is 5.75. The van der Waals surface area contributed by atoms with E-state index in [1.807, 2.05) is 13.0 Å². The van der Waals surface area contributed by atoms with E-state index in [2.05, 4.69) is 0 Å². The van der Waals surface area contributed by atoms with Crippen molar-refractivity contribution in [3.05, 3.63) is 11.6 Å². The lowest BCUT2D eigenvalue weighted by Crippen LogP contribution is -2.60. The first-order valence-electron chi connectivity index (χ1n) is 13.2. The van der Waals surface area contributed by atoms with E-state index >= 15 is 0 Å². The zero-order chi connectivity index (χ0) is 28.0. The van der Waals surface area contributed by atoms with Crippen molar-refractivity contribution in [3.8, 4) is 0 Å². The van der Waals surface area contributed by atoms with E-state index in [4.69, 9.17) is 23.7 Å². The number of aliphatic hydroxyl groups is 4. The van der Waals surface area contributed by atoms with E-state index in [1.54, 1.807) is 27.9 Å². The third kappa shape index (κ3) is 7.73. The summed E-state index contributed by atoms with van der Waals surface area (Å²) in [5.74, 6) is -2.72. The van der Waals surface area contributed by atoms with Gasteiger partial charge >= 0.3 is 5.97 Å². The normalized spacial score (nSPS) is 38.9. The standard InChI is InChI=1S/C27H48O10/c1-8-17(15-28)9-16(2)21-11-18(33-5)13-23(29)26(3,4)27(32)14-20(34-6)10-19(37-27)12-22(35-7)24(30)25(31)36-21/h9,17-24,28-30,32H,8,10-15H2,1-7H3/b16-9+/t17-,18-,19-,20-,21+,22-,23?,24+,27?/m1/s1. The van der Waals surface area contributed by atoms with Gasteiger partial charge in [0.15, 0.2) is 11.9 Å². The Morgan fingerprint density at radius 3 is 2.27 bits per heavy atom. The van der Waals surface area contributed by atoms with Crippen molar-refractivity contribution in [2.45, 2.75) is 115 Å². The Labute approximate surface area is 220 Å². The summed E-state index contributed by atoms with van der Waals surface area (Å²) < 4.78 is 28.6. The molecule has 2 heterocycles. The molecule has 2 aliphatic rings. The number of hydrogen-bond donors (Lipinski definition) is 4. The molecule has 2 rings (SSSR count). The fourth-order valence-corrected chi connectivity index (χ4v) is 5.21. The first kappa shape index (κ1) is 32.1. The smallest absolute Gasteiger partial charge is 0.338 e. The summed E-state index contributed by atoms with van der Waals surface area (Å²) in [7, 11) is 4.44. The average Bonchev–Trinajstić information content (AvgIpc) is 2.87. The lowest BCUT2D eigenvalue weighted by molar-refractivity contribution is -0.340. The Morgan fingerprint density at radius 1 is 1.08 bits per heavy atom. The van der Waals surface area contributed by atoms with E-state index in [0.29, 0.717) is 18.4 Å². The van der Waals surface area contributed by atoms with Crippen molar-refractivity contribution in [3.63, 3.8) is 0 Å². The maximum absolute atomic E-state index is 13.1. The van der Waals surface area contributed by atoms with Crippen molar-refractivity contribution >= 4 is 5.97 Å². The highest BCUT2D eigenvalue weighted by Gasteiger charge is 2.55. The molecule has 0 aliphatic carbocycles. The number of carbonyl (C=O) groups is 1. The van der Waals surface area contributed by atoms with Crippen LogP contribution in [0.1, 0.15) is 66.2 Å². The van der Waals surface area contributed by atoms with Gasteiger partial charge in [-0.1, -0.05) is 26.8 Å². The van der Waals surface area contributed by atoms with Gasteiger partial charge in [0.2, 0.25) is 0 Å². The predicted octanol–water partition coefficient (Wildman–Crippen LogP) is 1.71. The molecule has 2 fully saturated rings. The van der Waals surface area contributed by atoms with Gasteiger partial charge in [0.1, 0.15) is 6.10 Å². The Balaban J connectivity index is 2.51. The van der Waals surface area contributed by atoms with Crippen LogP contribution in [0.5, 0.6) is 0 Å². The number of fused-ring (bicyclic) bond motifs is 2. The van der Waals surface area contributed by atoms with Gasteiger partial charge in [-0.2, -0.15) is 0 Å². The molecule has 0 aromatic heterocycles. The van der Waals surface area contributed by atoms with E-state index in [0.717, 1.165) is 0 Å². The maximum atomic E-state index is 13.1. The minimum Gasteiger partial charge on any atom is -0.456 e. The summed E-state index contributed by atoms with van der Waals surface area (Å²) in [6.07, 6.45) is -2.32. The van der Waals surface area contributed by atoms with Crippen LogP contribution in [0.15, 0.2) is 11.6 Å². The van der Waals surface area contributed by atoms with Crippen molar-refractivity contribution < 1.29 is 48.9 Å². The lowest BCUT2D eigenvalue weighted by atomic mass is 9.71. The molecule has 9 atom stereocenters. The molecule has 0 aromatic rings. The third-order valence-corrected chi connectivity index (χ3v) is 8.28. The van der Waals surface area contributed by atoms with E-state index < -0.39 is 53.8 Å². The molecule has 2 bridgehead atoms. The van der Waals surface area contributed by atoms with E-state index in [1.165, 1.54) is 14.2 Å². The molecule has 2 aliphatic heterocycles. The number of methoxy groups -OCH3 is 3. The highest BCUT2D eigenvalue weighted by atomic mass is 16.6. The van der Waals surface area contributed by atoms with Gasteiger partial charge in [0, 0.05) is 71.4 Å². The Kier molecular flexibility index (Phi) is 12.0. The number of aliphatic hydroxyl groups excluding tert-OH is 3. The molecule has 0 spiro atoms. The van der Waals surface area contributed by atoms with Crippen LogP contribution in [0.3, 0.4) is 0 Å². The summed E-state index contributed by atoms with van der Waals surface area (Å²) in [6.45, 7) is 7.18. The van der Waals surface area contributed by atoms with Crippen molar-refractivity contribution in [1.29, 1.82) is 0 Å². The summed E-state index contributed by atoms with van der Waals surface area (Å²) in [5.41, 5.74) is -0.411. The van der Waals surface area contributed by atoms with Crippen LogP contribution in [-0.4, -0.2) is 103 Å². The van der Waals surface area contributed by atoms with Crippen LogP contribution in [-0.2, 0) is 28.5 Å². The second-order valence-corrected chi connectivity index (χ2v) is 11.0. The fourth-order valence-electron chi connectivity index (χ4n) is 5.21. The Morgan fingerprint density at radius 2 is 1.73 bits per heavy atom. The van der Waals surface area contributed by atoms with Crippen molar-refractivity contribution in [2.24, 2.45) is 11.3 Å². The molecular formula is C27H48O10. The minimum atomic E-state index is -1.74. The number of ether oxygens (including phenoxy) is 5. The van der Waals surface area contributed by atoms with Crippen LogP contribution in [0.25, 0.3) is 0 Å². The average molecular weight is 533 g/mol. The second kappa shape index (κ2) is 13.8. The number of cyclic esters (lactones) is 1. The quantitative estimate of drug-likeness (QED) is 0.282. The van der Waals surface area contributed by atoms with Crippen LogP contribution in [0.2, 0.25) is 0 Å². The summed E-state index contributed by atoms with van der Waals surface area (Å²) in [4.78, 5) is 13.1. The third-order valence-electron chi connectivity index (χ3n) is 8.28. The molecule has 0 aromatic carbocycles. The van der Waals surface area contributed by atoms with Gasteiger partial charge in [-0.3, -0.25) is 0 Å². The molecule has 2 saturated heterocycles. The molecule has 37 heavy (non-hydrogen) atoms.